The van der Waals surface area contributed by atoms with Crippen molar-refractivity contribution in [3.63, 3.8) is 0 Å². The molecule has 1 aliphatic heterocycles. The first kappa shape index (κ1) is 14.7. The van der Waals surface area contributed by atoms with E-state index >= 15 is 0 Å². The first-order valence-electron chi connectivity index (χ1n) is 7.90. The zero-order chi connectivity index (χ0) is 15.2. The van der Waals surface area contributed by atoms with Gasteiger partial charge in [0.05, 0.1) is 6.26 Å². The van der Waals surface area contributed by atoms with Gasteiger partial charge in [0.15, 0.2) is 0 Å². The highest BCUT2D eigenvalue weighted by molar-refractivity contribution is 5.76. The molecule has 1 N–H and O–H groups in total. The van der Waals surface area contributed by atoms with Crippen LogP contribution in [0.3, 0.4) is 0 Å². The van der Waals surface area contributed by atoms with Gasteiger partial charge < -0.3 is 14.6 Å². The molecule has 22 heavy (non-hydrogen) atoms. The van der Waals surface area contributed by atoms with E-state index in [-0.39, 0.29) is 5.91 Å². The van der Waals surface area contributed by atoms with Crippen LogP contribution in [0.4, 0.5) is 5.69 Å². The van der Waals surface area contributed by atoms with Gasteiger partial charge in [-0.25, -0.2) is 0 Å². The summed E-state index contributed by atoms with van der Waals surface area (Å²) in [6.45, 7) is 2.85. The highest BCUT2D eigenvalue weighted by atomic mass is 16.3. The van der Waals surface area contributed by atoms with Crippen molar-refractivity contribution in [2.24, 2.45) is 5.92 Å². The highest BCUT2D eigenvalue weighted by Crippen LogP contribution is 2.22. The maximum atomic E-state index is 11.9. The molecule has 2 aromatic rings. The van der Waals surface area contributed by atoms with Crippen molar-refractivity contribution in [2.75, 3.05) is 24.5 Å². The van der Waals surface area contributed by atoms with Gasteiger partial charge in [0.25, 0.3) is 0 Å². The lowest BCUT2D eigenvalue weighted by atomic mass is 10.1. The Morgan fingerprint density at radius 1 is 1.23 bits per heavy atom. The van der Waals surface area contributed by atoms with Crippen LogP contribution in [0.2, 0.25) is 0 Å². The third kappa shape index (κ3) is 3.91. The number of rotatable bonds is 6. The zero-order valence-electron chi connectivity index (χ0n) is 12.7. The Labute approximate surface area is 131 Å². The molecule has 0 bridgehead atoms. The summed E-state index contributed by atoms with van der Waals surface area (Å²) in [6, 6.07) is 14.2. The molecule has 1 aromatic carbocycles. The van der Waals surface area contributed by atoms with Gasteiger partial charge in [-0.1, -0.05) is 18.2 Å². The van der Waals surface area contributed by atoms with Crippen molar-refractivity contribution < 1.29 is 9.21 Å². The van der Waals surface area contributed by atoms with Crippen molar-refractivity contribution >= 4 is 11.6 Å². The van der Waals surface area contributed by atoms with Crippen LogP contribution in [0, 0.1) is 5.92 Å². The number of hydrogen-bond donors (Lipinski definition) is 1. The molecule has 1 aliphatic rings. The fourth-order valence-corrected chi connectivity index (χ4v) is 2.91. The Balaban J connectivity index is 1.38. The molecule has 0 aliphatic carbocycles. The van der Waals surface area contributed by atoms with E-state index in [1.54, 1.807) is 6.26 Å². The fourth-order valence-electron chi connectivity index (χ4n) is 2.91. The summed E-state index contributed by atoms with van der Waals surface area (Å²) in [6.07, 6.45) is 3.93. The molecule has 0 radical (unpaired) electrons. The van der Waals surface area contributed by atoms with Crippen LogP contribution in [0.25, 0.3) is 0 Å². The number of nitrogens with zero attached hydrogens (tertiary/aromatic N) is 1. The van der Waals surface area contributed by atoms with Crippen molar-refractivity contribution in [1.82, 2.24) is 5.32 Å². The first-order chi connectivity index (χ1) is 10.8. The van der Waals surface area contributed by atoms with Crippen LogP contribution >= 0.6 is 0 Å². The lowest BCUT2D eigenvalue weighted by Crippen LogP contribution is -2.31. The molecule has 1 aromatic heterocycles. The average molecular weight is 298 g/mol. The van der Waals surface area contributed by atoms with Gasteiger partial charge >= 0.3 is 0 Å². The maximum Gasteiger partial charge on any atom is 0.220 e. The van der Waals surface area contributed by atoms with E-state index in [1.807, 2.05) is 18.2 Å². The second kappa shape index (κ2) is 7.16. The highest BCUT2D eigenvalue weighted by Gasteiger charge is 2.22. The lowest BCUT2D eigenvalue weighted by Gasteiger charge is -2.18. The van der Waals surface area contributed by atoms with Crippen molar-refractivity contribution in [2.45, 2.75) is 19.3 Å². The van der Waals surface area contributed by atoms with Crippen LogP contribution in [0.15, 0.2) is 53.1 Å². The molecule has 0 saturated carbocycles. The number of furan rings is 1. The largest absolute Gasteiger partial charge is 0.469 e. The number of carbonyl (C=O) groups excluding carboxylic acids is 1. The Kier molecular flexibility index (Phi) is 4.78. The summed E-state index contributed by atoms with van der Waals surface area (Å²) < 4.78 is 5.24. The number of nitrogens with one attached hydrogen (secondary N) is 1. The molecule has 3 rings (SSSR count). The monoisotopic (exact) mass is 298 g/mol. The summed E-state index contributed by atoms with van der Waals surface area (Å²) in [7, 11) is 0. The minimum absolute atomic E-state index is 0.106. The van der Waals surface area contributed by atoms with Crippen LogP contribution in [0.1, 0.15) is 18.6 Å². The lowest BCUT2D eigenvalue weighted by molar-refractivity contribution is -0.121. The van der Waals surface area contributed by atoms with Crippen LogP contribution in [0.5, 0.6) is 0 Å². The SMILES string of the molecule is O=C(CCc1ccco1)NC[C@H]1CCN(c2ccccc2)C1. The molecule has 116 valence electrons. The number of benzene rings is 1. The predicted molar refractivity (Wildman–Crippen MR) is 86.8 cm³/mol. The molecular formula is C18H22N2O2. The molecule has 4 nitrogen and oxygen atoms in total. The van der Waals surface area contributed by atoms with Crippen molar-refractivity contribution in [3.8, 4) is 0 Å². The molecule has 4 heteroatoms. The van der Waals surface area contributed by atoms with E-state index in [0.717, 1.165) is 31.8 Å². The molecular weight excluding hydrogens is 276 g/mol. The molecule has 1 fully saturated rings. The maximum absolute atomic E-state index is 11.9. The molecule has 0 spiro atoms. The number of hydrogen-bond acceptors (Lipinski definition) is 3. The normalized spacial score (nSPS) is 17.6. The molecule has 2 heterocycles. The van der Waals surface area contributed by atoms with E-state index in [4.69, 9.17) is 4.42 Å². The Hall–Kier alpha value is -2.23. The standard InChI is InChI=1S/C18H22N2O2/c21-18(9-8-17-7-4-12-22-17)19-13-15-10-11-20(14-15)16-5-2-1-3-6-16/h1-7,12,15H,8-11,13-14H2,(H,19,21)/t15-/m1/s1. The molecule has 1 atom stereocenters. The van der Waals surface area contributed by atoms with Crippen molar-refractivity contribution in [3.05, 3.63) is 54.5 Å². The number of amides is 1. The minimum atomic E-state index is 0.106. The summed E-state index contributed by atoms with van der Waals surface area (Å²) in [4.78, 5) is 14.3. The second-order valence-corrected chi connectivity index (χ2v) is 5.82. The third-order valence-electron chi connectivity index (χ3n) is 4.17. The first-order valence-corrected chi connectivity index (χ1v) is 7.90. The van der Waals surface area contributed by atoms with Crippen LogP contribution in [-0.4, -0.2) is 25.5 Å². The van der Waals surface area contributed by atoms with E-state index in [9.17, 15) is 4.79 Å². The van der Waals surface area contributed by atoms with Gasteiger partial charge in [0.2, 0.25) is 5.91 Å². The Morgan fingerprint density at radius 3 is 2.86 bits per heavy atom. The molecule has 0 unspecified atom stereocenters. The van der Waals surface area contributed by atoms with E-state index in [0.29, 0.717) is 18.8 Å². The van der Waals surface area contributed by atoms with Gasteiger partial charge in [-0.3, -0.25) is 4.79 Å². The number of para-hydroxylation sites is 1. The van der Waals surface area contributed by atoms with Crippen molar-refractivity contribution in [1.29, 1.82) is 0 Å². The summed E-state index contributed by atoms with van der Waals surface area (Å²) >= 11 is 0. The number of aryl methyl sites for hydroxylation is 1. The topological polar surface area (TPSA) is 45.5 Å². The van der Waals surface area contributed by atoms with Crippen LogP contribution < -0.4 is 10.2 Å². The quantitative estimate of drug-likeness (QED) is 0.892. The fraction of sp³-hybridized carbons (Fsp3) is 0.389. The number of carbonyl (C=O) groups is 1. The Morgan fingerprint density at radius 2 is 2.09 bits per heavy atom. The summed E-state index contributed by atoms with van der Waals surface area (Å²) in [5, 5.41) is 3.05. The van der Waals surface area contributed by atoms with E-state index < -0.39 is 0 Å². The number of anilines is 1. The smallest absolute Gasteiger partial charge is 0.220 e. The molecule has 1 saturated heterocycles. The van der Waals surface area contributed by atoms with Gasteiger partial charge in [0, 0.05) is 38.2 Å². The van der Waals surface area contributed by atoms with Gasteiger partial charge in [-0.2, -0.15) is 0 Å². The summed E-state index contributed by atoms with van der Waals surface area (Å²) in [5.41, 5.74) is 1.27. The van der Waals surface area contributed by atoms with Gasteiger partial charge in [0.1, 0.15) is 5.76 Å². The Bertz CT molecular complexity index is 580. The van der Waals surface area contributed by atoms with Crippen LogP contribution in [-0.2, 0) is 11.2 Å². The minimum Gasteiger partial charge on any atom is -0.469 e. The van der Waals surface area contributed by atoms with Gasteiger partial charge in [-0.05, 0) is 36.6 Å². The van der Waals surface area contributed by atoms with E-state index in [1.165, 1.54) is 5.69 Å². The summed E-state index contributed by atoms with van der Waals surface area (Å²) in [5.74, 6) is 1.51. The van der Waals surface area contributed by atoms with Gasteiger partial charge in [-0.15, -0.1) is 0 Å². The predicted octanol–water partition coefficient (Wildman–Crippen LogP) is 2.85. The molecule has 1 amide bonds. The zero-order valence-corrected chi connectivity index (χ0v) is 12.7. The third-order valence-corrected chi connectivity index (χ3v) is 4.17. The van der Waals surface area contributed by atoms with E-state index in [2.05, 4.69) is 34.5 Å². The second-order valence-electron chi connectivity index (χ2n) is 5.82. The average Bonchev–Trinajstić information content (AvgIpc) is 3.23.